The molecular weight excluding hydrogens is 324 g/mol. The Kier molecular flexibility index (Phi) is 5.08. The number of carbonyl (C=O) groups excluding carboxylic acids is 1. The van der Waals surface area contributed by atoms with Crippen molar-refractivity contribution in [3.8, 4) is 12.3 Å². The number of Topliss-reactive ketones (excluding diaryl/α,β-unsaturated/α-hetero) is 1. The van der Waals surface area contributed by atoms with E-state index in [1.54, 1.807) is 7.11 Å². The smallest absolute Gasteiger partial charge is 0.142 e. The van der Waals surface area contributed by atoms with Crippen molar-refractivity contribution in [2.24, 2.45) is 34.0 Å². The first-order chi connectivity index (χ1) is 12.2. The molecule has 0 aromatic heterocycles. The molecule has 3 aliphatic rings. The third-order valence-corrected chi connectivity index (χ3v) is 9.00. The Hall–Kier alpha value is -0.850. The summed E-state index contributed by atoms with van der Waals surface area (Å²) in [7, 11) is 1.79. The van der Waals surface area contributed by atoms with Gasteiger partial charge in [0.1, 0.15) is 5.78 Å². The van der Waals surface area contributed by atoms with Gasteiger partial charge in [-0.2, -0.15) is 0 Å². The van der Waals surface area contributed by atoms with Crippen LogP contribution in [-0.2, 0) is 9.53 Å². The molecule has 3 aliphatic carbocycles. The lowest BCUT2D eigenvalue weighted by Gasteiger charge is -2.61. The molecule has 0 aliphatic heterocycles. The molecule has 0 aromatic carbocycles. The highest BCUT2D eigenvalue weighted by atomic mass is 16.5. The zero-order chi connectivity index (χ0) is 19.3. The quantitative estimate of drug-likeness (QED) is 0.767. The van der Waals surface area contributed by atoms with E-state index < -0.39 is 11.5 Å². The molecule has 1 N–H and O–H groups in total. The van der Waals surface area contributed by atoms with E-state index in [-0.39, 0.29) is 28.8 Å². The number of hydrogen-bond acceptors (Lipinski definition) is 3. The van der Waals surface area contributed by atoms with Crippen LogP contribution in [0.5, 0.6) is 0 Å². The number of aliphatic hydroxyl groups excluding tert-OH is 1. The van der Waals surface area contributed by atoms with E-state index in [9.17, 15) is 9.90 Å². The summed E-state index contributed by atoms with van der Waals surface area (Å²) in [4.78, 5) is 13.7. The molecule has 3 heteroatoms. The fourth-order valence-corrected chi connectivity index (χ4v) is 7.10. The highest BCUT2D eigenvalue weighted by Crippen LogP contribution is 2.68. The normalized spacial score (nSPS) is 51.3. The Bertz CT molecular complexity index is 607. The Morgan fingerprint density at radius 2 is 1.92 bits per heavy atom. The average molecular weight is 361 g/mol. The van der Waals surface area contributed by atoms with E-state index in [2.05, 4.69) is 26.7 Å². The van der Waals surface area contributed by atoms with Crippen molar-refractivity contribution in [1.29, 1.82) is 0 Å². The fourth-order valence-electron chi connectivity index (χ4n) is 7.10. The van der Waals surface area contributed by atoms with Crippen LogP contribution >= 0.6 is 0 Å². The minimum absolute atomic E-state index is 0.00486. The van der Waals surface area contributed by atoms with Crippen LogP contribution in [0.4, 0.5) is 0 Å². The number of aliphatic hydroxyl groups is 1. The third-order valence-electron chi connectivity index (χ3n) is 9.00. The van der Waals surface area contributed by atoms with E-state index in [0.717, 1.165) is 25.7 Å². The van der Waals surface area contributed by atoms with E-state index in [1.165, 1.54) is 0 Å². The number of hydrogen-bond donors (Lipinski definition) is 1. The van der Waals surface area contributed by atoms with Gasteiger partial charge in [-0.15, -0.1) is 12.3 Å². The van der Waals surface area contributed by atoms with E-state index in [4.69, 9.17) is 11.2 Å². The first-order valence-corrected chi connectivity index (χ1v) is 10.4. The number of terminal acetylenes is 1. The number of ketones is 1. The molecule has 3 unspecified atom stereocenters. The predicted molar refractivity (Wildman–Crippen MR) is 103 cm³/mol. The standard InChI is InChI=1S/C23H36O3/c1-7-8-11-21(4)14-18(24)22(5)15(2)9-12-23(16(3)20(21)25)13-10-17(26-6)19(22)23/h1,15-19,24H,8-14H2,2-6H3/t15-,16+,17?,18-,19?,21-,22+,23?/m1/s1. The molecule has 0 heterocycles. The molecule has 0 saturated heterocycles. The molecule has 3 saturated carbocycles. The van der Waals surface area contributed by atoms with Gasteiger partial charge in [-0.3, -0.25) is 4.79 Å². The highest BCUT2D eigenvalue weighted by molar-refractivity contribution is 5.87. The fraction of sp³-hybridized carbons (Fsp3) is 0.870. The van der Waals surface area contributed by atoms with E-state index in [1.807, 2.05) is 6.92 Å². The summed E-state index contributed by atoms with van der Waals surface area (Å²) in [6.45, 7) is 8.74. The zero-order valence-corrected chi connectivity index (χ0v) is 17.2. The maximum absolute atomic E-state index is 13.7. The Balaban J connectivity index is 2.14. The number of ether oxygens (including phenoxy) is 1. The summed E-state index contributed by atoms with van der Waals surface area (Å²) in [6, 6.07) is 0. The molecule has 3 nitrogen and oxygen atoms in total. The third kappa shape index (κ3) is 2.52. The van der Waals surface area contributed by atoms with Crippen LogP contribution in [0.2, 0.25) is 0 Å². The summed E-state index contributed by atoms with van der Waals surface area (Å²) in [5, 5.41) is 11.5. The van der Waals surface area contributed by atoms with Crippen molar-refractivity contribution >= 4 is 5.78 Å². The zero-order valence-electron chi connectivity index (χ0n) is 17.2. The van der Waals surface area contributed by atoms with E-state index in [0.29, 0.717) is 31.0 Å². The first-order valence-electron chi connectivity index (χ1n) is 10.4. The molecule has 146 valence electrons. The SMILES string of the molecule is C#CCC[C@]1(C)C[C@@H](O)[C@@]2(C)C3C(OC)CCC3(CC[C@H]2C)[C@@H](C)C1=O. The molecule has 2 bridgehead atoms. The monoisotopic (exact) mass is 360 g/mol. The molecule has 0 amide bonds. The van der Waals surface area contributed by atoms with Gasteiger partial charge in [-0.1, -0.05) is 27.7 Å². The minimum Gasteiger partial charge on any atom is -0.393 e. The molecule has 0 spiro atoms. The van der Waals surface area contributed by atoms with Crippen LogP contribution < -0.4 is 0 Å². The van der Waals surface area contributed by atoms with Gasteiger partial charge >= 0.3 is 0 Å². The van der Waals surface area contributed by atoms with Gasteiger partial charge in [-0.25, -0.2) is 0 Å². The highest BCUT2D eigenvalue weighted by Gasteiger charge is 2.67. The second-order valence-electron chi connectivity index (χ2n) is 9.90. The number of rotatable bonds is 3. The lowest BCUT2D eigenvalue weighted by atomic mass is 9.44. The lowest BCUT2D eigenvalue weighted by molar-refractivity contribution is -0.192. The van der Waals surface area contributed by atoms with E-state index >= 15 is 0 Å². The first kappa shape index (κ1) is 19.9. The largest absolute Gasteiger partial charge is 0.393 e. The van der Waals surface area contributed by atoms with Gasteiger partial charge in [0.05, 0.1) is 12.2 Å². The van der Waals surface area contributed by atoms with Gasteiger partial charge in [0, 0.05) is 30.3 Å². The van der Waals surface area contributed by atoms with Crippen LogP contribution in [0.1, 0.15) is 72.6 Å². The molecular formula is C23H36O3. The lowest BCUT2D eigenvalue weighted by Crippen LogP contribution is -2.62. The van der Waals surface area contributed by atoms with Crippen LogP contribution in [0.25, 0.3) is 0 Å². The Morgan fingerprint density at radius 3 is 2.54 bits per heavy atom. The van der Waals surface area contributed by atoms with Gasteiger partial charge in [0.2, 0.25) is 0 Å². The number of carbonyl (C=O) groups is 1. The molecule has 26 heavy (non-hydrogen) atoms. The minimum atomic E-state index is -0.535. The van der Waals surface area contributed by atoms with Crippen LogP contribution in [0, 0.1) is 46.3 Å². The molecule has 8 atom stereocenters. The van der Waals surface area contributed by atoms with Gasteiger partial charge in [-0.05, 0) is 55.8 Å². The predicted octanol–water partition coefficient (Wildman–Crippen LogP) is 4.22. The Labute approximate surface area is 159 Å². The summed E-state index contributed by atoms with van der Waals surface area (Å²) in [5.74, 6) is 3.67. The van der Waals surface area contributed by atoms with Crippen molar-refractivity contribution in [3.63, 3.8) is 0 Å². The van der Waals surface area contributed by atoms with Gasteiger partial charge in [0.15, 0.2) is 0 Å². The molecule has 0 aromatic rings. The summed E-state index contributed by atoms with van der Waals surface area (Å²) in [5.41, 5.74) is -0.799. The van der Waals surface area contributed by atoms with Gasteiger partial charge < -0.3 is 9.84 Å². The van der Waals surface area contributed by atoms with Crippen LogP contribution in [0.15, 0.2) is 0 Å². The molecule has 3 fully saturated rings. The molecule has 3 rings (SSSR count). The van der Waals surface area contributed by atoms with Crippen molar-refractivity contribution < 1.29 is 14.6 Å². The van der Waals surface area contributed by atoms with Crippen LogP contribution in [0.3, 0.4) is 0 Å². The molecule has 0 radical (unpaired) electrons. The maximum atomic E-state index is 13.7. The summed E-state index contributed by atoms with van der Waals surface area (Å²) < 4.78 is 5.92. The second-order valence-corrected chi connectivity index (χ2v) is 9.90. The maximum Gasteiger partial charge on any atom is 0.142 e. The van der Waals surface area contributed by atoms with Crippen molar-refractivity contribution in [2.45, 2.75) is 84.8 Å². The summed E-state index contributed by atoms with van der Waals surface area (Å²) in [6.07, 6.45) is 11.1. The summed E-state index contributed by atoms with van der Waals surface area (Å²) >= 11 is 0. The van der Waals surface area contributed by atoms with Crippen molar-refractivity contribution in [2.75, 3.05) is 7.11 Å². The average Bonchev–Trinajstić information content (AvgIpc) is 3.02. The Morgan fingerprint density at radius 1 is 1.27 bits per heavy atom. The van der Waals surface area contributed by atoms with Gasteiger partial charge in [0.25, 0.3) is 0 Å². The van der Waals surface area contributed by atoms with Crippen molar-refractivity contribution in [3.05, 3.63) is 0 Å². The number of methoxy groups -OCH3 is 1. The second kappa shape index (κ2) is 6.64. The topological polar surface area (TPSA) is 46.5 Å². The van der Waals surface area contributed by atoms with Crippen molar-refractivity contribution in [1.82, 2.24) is 0 Å². The van der Waals surface area contributed by atoms with Crippen LogP contribution in [-0.4, -0.2) is 30.2 Å².